The molecule has 1 N–H and O–H groups in total. The fraction of sp³-hybridized carbons (Fsp3) is 0.727. The normalized spacial score (nSPS) is 13.8. The van der Waals surface area contributed by atoms with Crippen LogP contribution in [0.2, 0.25) is 0 Å². The summed E-state index contributed by atoms with van der Waals surface area (Å²) >= 11 is 0. The molecule has 2 amide bonds. The highest BCUT2D eigenvalue weighted by Crippen LogP contribution is 2.14. The topological polar surface area (TPSA) is 69.5 Å². The quantitative estimate of drug-likeness (QED) is 0.461. The van der Waals surface area contributed by atoms with E-state index in [2.05, 4.69) is 5.32 Å². The van der Waals surface area contributed by atoms with Crippen molar-refractivity contribution in [1.29, 1.82) is 0 Å². The second kappa shape index (κ2) is 6.34. The Morgan fingerprint density at radius 3 is 2.53 bits per heavy atom. The number of hydrazine groups is 1. The van der Waals surface area contributed by atoms with Gasteiger partial charge in [-0.05, 0) is 26.9 Å². The Hall–Kier alpha value is -1.43. The average molecular weight is 241 g/mol. The van der Waals surface area contributed by atoms with Crippen LogP contribution in [0.4, 0.5) is 0 Å². The van der Waals surface area contributed by atoms with Gasteiger partial charge in [0.15, 0.2) is 0 Å². The molecule has 0 aliphatic carbocycles. The van der Waals surface area contributed by atoms with Crippen LogP contribution in [-0.2, 0) is 14.4 Å². The minimum Gasteiger partial charge on any atom is -0.320 e. The van der Waals surface area contributed by atoms with Crippen molar-refractivity contribution in [3.63, 3.8) is 0 Å². The smallest absolute Gasteiger partial charge is 0.263 e. The van der Waals surface area contributed by atoms with E-state index in [-0.39, 0.29) is 24.1 Å². The van der Waals surface area contributed by atoms with Crippen LogP contribution in [0.5, 0.6) is 0 Å². The summed E-state index contributed by atoms with van der Waals surface area (Å²) in [4.78, 5) is 33.8. The average Bonchev–Trinajstić information content (AvgIpc) is 2.96. The minimum atomic E-state index is -0.0904. The van der Waals surface area contributed by atoms with Gasteiger partial charge in [-0.25, -0.2) is 5.01 Å². The fourth-order valence-electron chi connectivity index (χ4n) is 1.50. The zero-order chi connectivity index (χ0) is 12.8. The van der Waals surface area contributed by atoms with Crippen LogP contribution in [0.15, 0.2) is 0 Å². The standard InChI is InChI=1S/C11H19N3O3/c1-9(15)5-7-13(14-8-11(14)17)10(16)4-3-6-12-2/h12H,3-8H2,1-2H3. The van der Waals surface area contributed by atoms with Gasteiger partial charge in [0.2, 0.25) is 5.91 Å². The van der Waals surface area contributed by atoms with Crippen LogP contribution < -0.4 is 5.32 Å². The van der Waals surface area contributed by atoms with Crippen molar-refractivity contribution in [2.75, 3.05) is 26.7 Å². The molecular formula is C11H19N3O3. The number of carbonyl (C=O) groups excluding carboxylic acids is 3. The van der Waals surface area contributed by atoms with E-state index in [1.807, 2.05) is 7.05 Å². The Morgan fingerprint density at radius 2 is 2.06 bits per heavy atom. The maximum absolute atomic E-state index is 11.9. The van der Waals surface area contributed by atoms with E-state index in [0.717, 1.165) is 13.0 Å². The molecule has 0 aromatic heterocycles. The monoisotopic (exact) mass is 241 g/mol. The van der Waals surface area contributed by atoms with E-state index in [9.17, 15) is 14.4 Å². The Labute approximate surface area is 101 Å². The van der Waals surface area contributed by atoms with Crippen LogP contribution in [-0.4, -0.2) is 54.3 Å². The summed E-state index contributed by atoms with van der Waals surface area (Å²) in [5.41, 5.74) is 0. The number of nitrogens with zero attached hydrogens (tertiary/aromatic N) is 2. The molecule has 96 valence electrons. The van der Waals surface area contributed by atoms with Crippen LogP contribution in [0.3, 0.4) is 0 Å². The molecule has 1 aliphatic heterocycles. The first-order chi connectivity index (χ1) is 8.06. The molecule has 0 unspecified atom stereocenters. The molecule has 0 aromatic rings. The summed E-state index contributed by atoms with van der Waals surface area (Å²) in [7, 11) is 1.83. The molecule has 1 heterocycles. The Kier molecular flexibility index (Phi) is 5.09. The number of rotatable bonds is 8. The molecule has 0 atom stereocenters. The molecule has 0 spiro atoms. The van der Waals surface area contributed by atoms with Crippen molar-refractivity contribution in [2.45, 2.75) is 26.2 Å². The zero-order valence-corrected chi connectivity index (χ0v) is 10.4. The first-order valence-electron chi connectivity index (χ1n) is 5.81. The molecule has 0 bridgehead atoms. The summed E-state index contributed by atoms with van der Waals surface area (Å²) < 4.78 is 0. The van der Waals surface area contributed by atoms with Gasteiger partial charge in [0, 0.05) is 19.4 Å². The van der Waals surface area contributed by atoms with E-state index in [1.54, 1.807) is 0 Å². The van der Waals surface area contributed by atoms with Crippen molar-refractivity contribution >= 4 is 17.6 Å². The van der Waals surface area contributed by atoms with Gasteiger partial charge in [-0.1, -0.05) is 0 Å². The predicted molar refractivity (Wildman–Crippen MR) is 61.9 cm³/mol. The number of amides is 2. The first kappa shape index (κ1) is 13.6. The summed E-state index contributed by atoms with van der Waals surface area (Å²) in [6.45, 7) is 2.84. The number of ketones is 1. The molecule has 0 aromatic carbocycles. The van der Waals surface area contributed by atoms with Gasteiger partial charge in [0.25, 0.3) is 5.91 Å². The van der Waals surface area contributed by atoms with Crippen LogP contribution in [0.1, 0.15) is 26.2 Å². The molecule has 6 nitrogen and oxygen atoms in total. The van der Waals surface area contributed by atoms with Gasteiger partial charge in [0.1, 0.15) is 12.3 Å². The van der Waals surface area contributed by atoms with Gasteiger partial charge in [-0.3, -0.25) is 19.4 Å². The number of nitrogens with one attached hydrogen (secondary N) is 1. The van der Waals surface area contributed by atoms with Crippen molar-refractivity contribution in [3.05, 3.63) is 0 Å². The Morgan fingerprint density at radius 1 is 1.41 bits per heavy atom. The molecule has 0 radical (unpaired) electrons. The highest BCUT2D eigenvalue weighted by atomic mass is 16.2. The third-order valence-electron chi connectivity index (χ3n) is 2.54. The first-order valence-corrected chi connectivity index (χ1v) is 5.81. The maximum Gasteiger partial charge on any atom is 0.263 e. The molecule has 0 saturated carbocycles. The molecule has 1 fully saturated rings. The minimum absolute atomic E-state index is 0.0207. The Balaban J connectivity index is 2.41. The van der Waals surface area contributed by atoms with Crippen LogP contribution in [0, 0.1) is 0 Å². The second-order valence-electron chi connectivity index (χ2n) is 4.13. The van der Waals surface area contributed by atoms with E-state index < -0.39 is 0 Å². The lowest BCUT2D eigenvalue weighted by Gasteiger charge is -2.22. The summed E-state index contributed by atoms with van der Waals surface area (Å²) in [6.07, 6.45) is 1.41. The van der Waals surface area contributed by atoms with E-state index >= 15 is 0 Å². The highest BCUT2D eigenvalue weighted by molar-refractivity contribution is 5.94. The number of hydrogen-bond donors (Lipinski definition) is 1. The van der Waals surface area contributed by atoms with Crippen LogP contribution in [0.25, 0.3) is 0 Å². The Bertz CT molecular complexity index is 317. The third kappa shape index (κ3) is 4.52. The molecule has 6 heteroatoms. The third-order valence-corrected chi connectivity index (χ3v) is 2.54. The van der Waals surface area contributed by atoms with Gasteiger partial charge in [0.05, 0.1) is 0 Å². The fourth-order valence-corrected chi connectivity index (χ4v) is 1.50. The second-order valence-corrected chi connectivity index (χ2v) is 4.13. The maximum atomic E-state index is 11.9. The van der Waals surface area contributed by atoms with E-state index in [0.29, 0.717) is 19.4 Å². The van der Waals surface area contributed by atoms with Crippen molar-refractivity contribution in [1.82, 2.24) is 15.3 Å². The lowest BCUT2D eigenvalue weighted by Crippen LogP contribution is -2.38. The van der Waals surface area contributed by atoms with Crippen molar-refractivity contribution in [3.8, 4) is 0 Å². The van der Waals surface area contributed by atoms with Crippen LogP contribution >= 0.6 is 0 Å². The molecular weight excluding hydrogens is 222 g/mol. The highest BCUT2D eigenvalue weighted by Gasteiger charge is 2.38. The molecule has 1 rings (SSSR count). The lowest BCUT2D eigenvalue weighted by atomic mass is 10.2. The molecule has 1 saturated heterocycles. The van der Waals surface area contributed by atoms with Gasteiger partial charge in [-0.15, -0.1) is 0 Å². The van der Waals surface area contributed by atoms with E-state index in [4.69, 9.17) is 0 Å². The zero-order valence-electron chi connectivity index (χ0n) is 10.4. The predicted octanol–water partition coefficient (Wildman–Crippen LogP) is -0.449. The summed E-state index contributed by atoms with van der Waals surface area (Å²) in [5.74, 6) is -0.129. The molecule has 1 aliphatic rings. The molecule has 17 heavy (non-hydrogen) atoms. The van der Waals surface area contributed by atoms with Gasteiger partial charge < -0.3 is 5.32 Å². The largest absolute Gasteiger partial charge is 0.320 e. The van der Waals surface area contributed by atoms with Crippen molar-refractivity contribution in [2.24, 2.45) is 0 Å². The lowest BCUT2D eigenvalue weighted by molar-refractivity contribution is -0.145. The van der Waals surface area contributed by atoms with E-state index in [1.165, 1.54) is 16.9 Å². The van der Waals surface area contributed by atoms with Gasteiger partial charge >= 0.3 is 0 Å². The number of Topliss-reactive ketones (excluding diaryl/α,β-unsaturated/α-hetero) is 1. The number of hydrogen-bond acceptors (Lipinski definition) is 4. The van der Waals surface area contributed by atoms with Gasteiger partial charge in [-0.2, -0.15) is 0 Å². The summed E-state index contributed by atoms with van der Waals surface area (Å²) in [5, 5.41) is 5.76. The summed E-state index contributed by atoms with van der Waals surface area (Å²) in [6, 6.07) is 0. The number of carbonyl (C=O) groups is 3. The SMILES string of the molecule is CNCCCC(=O)N(CCC(C)=O)N1CC1=O. The van der Waals surface area contributed by atoms with Crippen molar-refractivity contribution < 1.29 is 14.4 Å².